The van der Waals surface area contributed by atoms with Gasteiger partial charge >= 0.3 is 11.9 Å². The van der Waals surface area contributed by atoms with Gasteiger partial charge in [-0.05, 0) is 13.8 Å². The second kappa shape index (κ2) is 5.23. The Bertz CT molecular complexity index is 363. The first kappa shape index (κ1) is 16.2. The van der Waals surface area contributed by atoms with E-state index in [1.165, 1.54) is 0 Å². The minimum Gasteiger partial charge on any atom is -0.466 e. The fraction of sp³-hybridized carbons (Fsp3) is 0.600. The molecule has 0 aromatic rings. The van der Waals surface area contributed by atoms with Gasteiger partial charge in [-0.1, -0.05) is 0 Å². The van der Waals surface area contributed by atoms with Crippen molar-refractivity contribution in [1.82, 2.24) is 0 Å². The summed E-state index contributed by atoms with van der Waals surface area (Å²) in [6, 6.07) is 0. The second-order valence-corrected chi connectivity index (χ2v) is 3.52. The Hall–Kier alpha value is -1.80. The van der Waals surface area contributed by atoms with Gasteiger partial charge in [0.2, 0.25) is 0 Å². The monoisotopic (exact) mass is 262 g/mol. The number of rotatable bonds is 5. The molecule has 2 unspecified atom stereocenters. The van der Waals surface area contributed by atoms with Gasteiger partial charge in [-0.3, -0.25) is 9.59 Å². The Balaban J connectivity index is 6.15. The zero-order valence-corrected chi connectivity index (χ0v) is 10.3. The summed E-state index contributed by atoms with van der Waals surface area (Å²) < 4.78 is 8.28. The van der Waals surface area contributed by atoms with E-state index >= 15 is 0 Å². The molecule has 0 aliphatic heterocycles. The number of ether oxygens (including phenoxy) is 2. The summed E-state index contributed by atoms with van der Waals surface area (Å²) in [5.41, 5.74) is -6.72. The normalized spacial score (nSPS) is 17.0. The van der Waals surface area contributed by atoms with Crippen LogP contribution in [0.5, 0.6) is 0 Å². The van der Waals surface area contributed by atoms with Crippen LogP contribution in [0.1, 0.15) is 13.8 Å². The lowest BCUT2D eigenvalue weighted by atomic mass is 9.77. The molecule has 8 nitrogen and oxygen atoms in total. The number of hydrogen-bond acceptors (Lipinski definition) is 8. The maximum atomic E-state index is 11.4. The van der Waals surface area contributed by atoms with E-state index in [4.69, 9.17) is 0 Å². The summed E-state index contributed by atoms with van der Waals surface area (Å²) >= 11 is 0. The quantitative estimate of drug-likeness (QED) is 0.429. The van der Waals surface area contributed by atoms with Crippen molar-refractivity contribution in [3.8, 4) is 0 Å². The first-order valence-electron chi connectivity index (χ1n) is 4.74. The molecule has 0 radical (unpaired) electrons. The molecule has 0 spiro atoms. The third kappa shape index (κ3) is 2.00. The van der Waals surface area contributed by atoms with Crippen LogP contribution in [-0.2, 0) is 28.7 Å². The van der Waals surface area contributed by atoms with Crippen LogP contribution >= 0.6 is 0 Å². The Labute approximate surface area is 102 Å². The first-order valence-corrected chi connectivity index (χ1v) is 4.74. The first-order chi connectivity index (χ1) is 8.10. The summed E-state index contributed by atoms with van der Waals surface area (Å²) in [6.07, 6.45) is 0. The number of ketones is 2. The van der Waals surface area contributed by atoms with E-state index in [0.717, 1.165) is 14.2 Å². The number of methoxy groups -OCH3 is 2. The topological polar surface area (TPSA) is 127 Å². The number of aliphatic hydroxyl groups is 2. The largest absolute Gasteiger partial charge is 0.466 e. The molecular weight excluding hydrogens is 248 g/mol. The molecule has 18 heavy (non-hydrogen) atoms. The fourth-order valence-electron chi connectivity index (χ4n) is 1.39. The molecule has 8 heteroatoms. The van der Waals surface area contributed by atoms with Crippen molar-refractivity contribution in [2.45, 2.75) is 25.0 Å². The maximum absolute atomic E-state index is 11.4. The molecule has 0 aliphatic carbocycles. The molecule has 0 rings (SSSR count). The van der Waals surface area contributed by atoms with Crippen molar-refractivity contribution >= 4 is 23.5 Å². The summed E-state index contributed by atoms with van der Waals surface area (Å²) in [5, 5.41) is 19.9. The van der Waals surface area contributed by atoms with Gasteiger partial charge in [0.05, 0.1) is 14.2 Å². The SMILES string of the molecule is COC(=O)C(O)(C(C)=O)C(O)(C(C)=O)C(=O)OC. The number of esters is 2. The molecule has 0 saturated carbocycles. The molecule has 0 aromatic carbocycles. The van der Waals surface area contributed by atoms with Gasteiger partial charge in [0.15, 0.2) is 11.6 Å². The zero-order valence-electron chi connectivity index (χ0n) is 10.3. The minimum absolute atomic E-state index is 0.716. The van der Waals surface area contributed by atoms with E-state index in [1.54, 1.807) is 0 Å². The standard InChI is InChI=1S/C10H14O8/c1-5(11)9(15,7(13)17-3)10(16,6(2)12)8(14)18-4/h15-16H,1-4H3. The van der Waals surface area contributed by atoms with E-state index in [0.29, 0.717) is 13.8 Å². The average Bonchev–Trinajstić information content (AvgIpc) is 2.33. The molecule has 0 heterocycles. The third-order valence-corrected chi connectivity index (χ3v) is 2.50. The van der Waals surface area contributed by atoms with Gasteiger partial charge in [-0.15, -0.1) is 0 Å². The Morgan fingerprint density at radius 2 is 1.00 bits per heavy atom. The Morgan fingerprint density at radius 1 is 0.778 bits per heavy atom. The van der Waals surface area contributed by atoms with Crippen molar-refractivity contribution in [1.29, 1.82) is 0 Å². The van der Waals surface area contributed by atoms with E-state index in [2.05, 4.69) is 9.47 Å². The molecule has 102 valence electrons. The zero-order chi connectivity index (χ0) is 14.7. The third-order valence-electron chi connectivity index (χ3n) is 2.50. The van der Waals surface area contributed by atoms with Crippen LogP contribution in [0.25, 0.3) is 0 Å². The molecule has 2 N–H and O–H groups in total. The lowest BCUT2D eigenvalue weighted by Gasteiger charge is -2.34. The highest BCUT2D eigenvalue weighted by Gasteiger charge is 2.68. The van der Waals surface area contributed by atoms with Crippen LogP contribution in [0.2, 0.25) is 0 Å². The average molecular weight is 262 g/mol. The van der Waals surface area contributed by atoms with Gasteiger partial charge in [0.25, 0.3) is 11.2 Å². The van der Waals surface area contributed by atoms with Crippen LogP contribution in [0, 0.1) is 0 Å². The summed E-state index contributed by atoms with van der Waals surface area (Å²) in [4.78, 5) is 45.6. The number of Topliss-reactive ketones (excluding diaryl/α,β-unsaturated/α-hetero) is 2. The predicted molar refractivity (Wildman–Crippen MR) is 55.3 cm³/mol. The highest BCUT2D eigenvalue weighted by molar-refractivity contribution is 6.21. The minimum atomic E-state index is -3.36. The molecule has 0 saturated heterocycles. The van der Waals surface area contributed by atoms with Crippen LogP contribution in [-0.4, -0.2) is 59.1 Å². The van der Waals surface area contributed by atoms with Gasteiger partial charge < -0.3 is 19.7 Å². The van der Waals surface area contributed by atoms with E-state index in [-0.39, 0.29) is 0 Å². The summed E-state index contributed by atoms with van der Waals surface area (Å²) in [6.45, 7) is 1.43. The molecule has 0 amide bonds. The van der Waals surface area contributed by atoms with Gasteiger partial charge in [-0.25, -0.2) is 9.59 Å². The van der Waals surface area contributed by atoms with Crippen molar-refractivity contribution < 1.29 is 38.9 Å². The van der Waals surface area contributed by atoms with Crippen LogP contribution in [0.3, 0.4) is 0 Å². The van der Waals surface area contributed by atoms with Crippen molar-refractivity contribution in [2.75, 3.05) is 14.2 Å². The Kier molecular flexibility index (Phi) is 4.71. The second-order valence-electron chi connectivity index (χ2n) is 3.52. The van der Waals surface area contributed by atoms with Gasteiger partial charge in [0, 0.05) is 0 Å². The predicted octanol–water partition coefficient (Wildman–Crippen LogP) is -2.03. The summed E-state index contributed by atoms with van der Waals surface area (Å²) in [7, 11) is 1.63. The van der Waals surface area contributed by atoms with Crippen LogP contribution in [0.4, 0.5) is 0 Å². The molecule has 2 atom stereocenters. The molecule has 0 fully saturated rings. The molecular formula is C10H14O8. The van der Waals surface area contributed by atoms with Gasteiger partial charge in [-0.2, -0.15) is 0 Å². The van der Waals surface area contributed by atoms with Crippen molar-refractivity contribution in [2.24, 2.45) is 0 Å². The highest BCUT2D eigenvalue weighted by Crippen LogP contribution is 2.28. The van der Waals surface area contributed by atoms with E-state index in [9.17, 15) is 29.4 Å². The van der Waals surface area contributed by atoms with E-state index in [1.807, 2.05) is 0 Å². The van der Waals surface area contributed by atoms with Crippen molar-refractivity contribution in [3.63, 3.8) is 0 Å². The summed E-state index contributed by atoms with van der Waals surface area (Å²) in [5.74, 6) is -5.95. The lowest BCUT2D eigenvalue weighted by molar-refractivity contribution is -0.209. The Morgan fingerprint density at radius 3 is 1.11 bits per heavy atom. The molecule has 0 aliphatic rings. The number of hydrogen-bond donors (Lipinski definition) is 2. The number of carbonyl (C=O) groups is 4. The van der Waals surface area contributed by atoms with Gasteiger partial charge in [0.1, 0.15) is 0 Å². The molecule has 0 aromatic heterocycles. The molecule has 0 bridgehead atoms. The van der Waals surface area contributed by atoms with Crippen molar-refractivity contribution in [3.05, 3.63) is 0 Å². The van der Waals surface area contributed by atoms with E-state index < -0.39 is 34.7 Å². The lowest BCUT2D eigenvalue weighted by Crippen LogP contribution is -2.71. The smallest absolute Gasteiger partial charge is 0.350 e. The maximum Gasteiger partial charge on any atom is 0.350 e. The van der Waals surface area contributed by atoms with Crippen LogP contribution in [0.15, 0.2) is 0 Å². The fourth-order valence-corrected chi connectivity index (χ4v) is 1.39. The number of carbonyl (C=O) groups excluding carboxylic acids is 4. The van der Waals surface area contributed by atoms with Crippen LogP contribution < -0.4 is 0 Å². The highest BCUT2D eigenvalue weighted by atomic mass is 16.6.